The summed E-state index contributed by atoms with van der Waals surface area (Å²) in [5.41, 5.74) is 4.69. The molecule has 0 atom stereocenters. The third-order valence-electron chi connectivity index (χ3n) is 3.91. The average Bonchev–Trinajstić information content (AvgIpc) is 3.08. The first kappa shape index (κ1) is 14.3. The summed E-state index contributed by atoms with van der Waals surface area (Å²) >= 11 is 0. The Morgan fingerprint density at radius 1 is 0.955 bits per heavy atom. The van der Waals surface area contributed by atoms with E-state index in [1.807, 2.05) is 30.4 Å². The van der Waals surface area contributed by atoms with E-state index in [0.717, 1.165) is 5.57 Å². The van der Waals surface area contributed by atoms with Gasteiger partial charge >= 0.3 is 0 Å². The van der Waals surface area contributed by atoms with Crippen molar-refractivity contribution in [2.45, 2.75) is 6.92 Å². The largest absolute Gasteiger partial charge is 0.290 e. The third-order valence-corrected chi connectivity index (χ3v) is 3.91. The van der Waals surface area contributed by atoms with Gasteiger partial charge in [0, 0.05) is 5.92 Å². The Morgan fingerprint density at radius 3 is 2.18 bits per heavy atom. The minimum Gasteiger partial charge on any atom is -0.290 e. The maximum atomic E-state index is 11.4. The molecule has 0 aromatic heterocycles. The van der Waals surface area contributed by atoms with Crippen LogP contribution in [0.3, 0.4) is 0 Å². The van der Waals surface area contributed by atoms with Crippen LogP contribution >= 0.6 is 0 Å². The number of allylic oxidation sites excluding steroid dienone is 12. The van der Waals surface area contributed by atoms with Crippen LogP contribution in [0.2, 0.25) is 0 Å². The zero-order valence-corrected chi connectivity index (χ0v) is 12.6. The van der Waals surface area contributed by atoms with Crippen LogP contribution in [-0.2, 0) is 4.79 Å². The number of carbonyl (C=O) groups is 1. The smallest absolute Gasteiger partial charge is 0.178 e. The number of ketones is 1. The highest BCUT2D eigenvalue weighted by Gasteiger charge is 2.18. The maximum Gasteiger partial charge on any atom is 0.178 e. The second-order valence-corrected chi connectivity index (χ2v) is 5.31. The van der Waals surface area contributed by atoms with E-state index in [0.29, 0.717) is 0 Å². The van der Waals surface area contributed by atoms with Gasteiger partial charge in [-0.25, -0.2) is 0 Å². The summed E-state index contributed by atoms with van der Waals surface area (Å²) in [4.78, 5) is 11.4. The van der Waals surface area contributed by atoms with E-state index in [4.69, 9.17) is 0 Å². The molecule has 1 aromatic carbocycles. The van der Waals surface area contributed by atoms with Crippen molar-refractivity contribution in [2.24, 2.45) is 5.92 Å². The average molecular weight is 286 g/mol. The van der Waals surface area contributed by atoms with Crippen molar-refractivity contribution in [3.63, 3.8) is 0 Å². The van der Waals surface area contributed by atoms with E-state index in [1.54, 1.807) is 12.2 Å². The molecule has 22 heavy (non-hydrogen) atoms. The first-order chi connectivity index (χ1) is 10.8. The Bertz CT molecular complexity index is 722. The zero-order valence-electron chi connectivity index (χ0n) is 12.6. The lowest BCUT2D eigenvalue weighted by atomic mass is 9.84. The van der Waals surface area contributed by atoms with Crippen LogP contribution in [0.5, 0.6) is 0 Å². The Labute approximate surface area is 131 Å². The molecule has 0 amide bonds. The molecule has 0 saturated heterocycles. The molecule has 0 radical (unpaired) electrons. The quantitative estimate of drug-likeness (QED) is 0.778. The van der Waals surface area contributed by atoms with Crippen LogP contribution in [-0.4, -0.2) is 5.78 Å². The molecule has 1 heteroatoms. The standard InChI is InChI=1S/C21H18O/c1-2-20(16-8-6-7-9-16)21(17-10-4-3-5-11-17)18-12-14-19(22)15-13-18/h2-16H,1H3/b20-2+. The van der Waals surface area contributed by atoms with Gasteiger partial charge in [-0.05, 0) is 41.4 Å². The second kappa shape index (κ2) is 6.40. The maximum absolute atomic E-state index is 11.4. The van der Waals surface area contributed by atoms with Gasteiger partial charge in [0.25, 0.3) is 0 Å². The van der Waals surface area contributed by atoms with Gasteiger partial charge in [-0.2, -0.15) is 0 Å². The minimum absolute atomic E-state index is 0.0406. The summed E-state index contributed by atoms with van der Waals surface area (Å²) < 4.78 is 0. The first-order valence-electron chi connectivity index (χ1n) is 7.51. The number of carbonyl (C=O) groups excluding carboxylic acids is 1. The molecule has 108 valence electrons. The summed E-state index contributed by atoms with van der Waals surface area (Å²) in [6, 6.07) is 10.3. The molecule has 1 aromatic rings. The van der Waals surface area contributed by atoms with Crippen molar-refractivity contribution < 1.29 is 4.79 Å². The zero-order chi connectivity index (χ0) is 15.4. The van der Waals surface area contributed by atoms with Gasteiger partial charge < -0.3 is 0 Å². The monoisotopic (exact) mass is 286 g/mol. The molecule has 0 spiro atoms. The van der Waals surface area contributed by atoms with Crippen LogP contribution in [0.1, 0.15) is 12.5 Å². The van der Waals surface area contributed by atoms with Gasteiger partial charge in [-0.15, -0.1) is 0 Å². The lowest BCUT2D eigenvalue weighted by Crippen LogP contribution is -2.03. The van der Waals surface area contributed by atoms with Gasteiger partial charge in [0.05, 0.1) is 0 Å². The first-order valence-corrected chi connectivity index (χ1v) is 7.51. The van der Waals surface area contributed by atoms with Crippen molar-refractivity contribution in [1.29, 1.82) is 0 Å². The highest BCUT2D eigenvalue weighted by molar-refractivity contribution is 6.03. The van der Waals surface area contributed by atoms with Crippen molar-refractivity contribution in [2.75, 3.05) is 0 Å². The van der Waals surface area contributed by atoms with Crippen LogP contribution in [0, 0.1) is 5.92 Å². The highest BCUT2D eigenvalue weighted by Crippen LogP contribution is 2.35. The van der Waals surface area contributed by atoms with Crippen molar-refractivity contribution >= 4 is 11.4 Å². The lowest BCUT2D eigenvalue weighted by molar-refractivity contribution is -0.110. The fourth-order valence-corrected chi connectivity index (χ4v) is 2.87. The predicted octanol–water partition coefficient (Wildman–Crippen LogP) is 4.82. The molecule has 0 unspecified atom stereocenters. The minimum atomic E-state index is 0.0406. The summed E-state index contributed by atoms with van der Waals surface area (Å²) in [7, 11) is 0. The van der Waals surface area contributed by atoms with Gasteiger partial charge in [0.1, 0.15) is 0 Å². The molecular weight excluding hydrogens is 268 g/mol. The molecule has 1 nitrogen and oxygen atoms in total. The molecule has 0 N–H and O–H groups in total. The van der Waals surface area contributed by atoms with Gasteiger partial charge in [0.15, 0.2) is 5.78 Å². The van der Waals surface area contributed by atoms with E-state index in [2.05, 4.69) is 49.4 Å². The molecule has 2 aliphatic carbocycles. The van der Waals surface area contributed by atoms with E-state index >= 15 is 0 Å². The fourth-order valence-electron chi connectivity index (χ4n) is 2.87. The molecular formula is C21H18O. The molecule has 3 rings (SSSR count). The van der Waals surface area contributed by atoms with E-state index in [-0.39, 0.29) is 11.7 Å². The number of benzene rings is 1. The van der Waals surface area contributed by atoms with Crippen LogP contribution in [0.4, 0.5) is 0 Å². The molecule has 0 heterocycles. The van der Waals surface area contributed by atoms with Crippen LogP contribution < -0.4 is 0 Å². The Morgan fingerprint density at radius 2 is 1.59 bits per heavy atom. The number of rotatable bonds is 3. The topological polar surface area (TPSA) is 17.1 Å². The van der Waals surface area contributed by atoms with Gasteiger partial charge in [-0.1, -0.05) is 72.9 Å². The normalized spacial score (nSPS) is 17.6. The number of hydrogen-bond acceptors (Lipinski definition) is 1. The van der Waals surface area contributed by atoms with E-state index in [1.165, 1.54) is 16.7 Å². The Balaban J connectivity index is 2.16. The summed E-state index contributed by atoms with van der Waals surface area (Å²) in [6.45, 7) is 2.07. The summed E-state index contributed by atoms with van der Waals surface area (Å²) in [5, 5.41) is 0. The van der Waals surface area contributed by atoms with Crippen molar-refractivity contribution in [3.05, 3.63) is 102 Å². The third kappa shape index (κ3) is 2.84. The summed E-state index contributed by atoms with van der Waals surface area (Å²) in [6.07, 6.45) is 17.8. The molecule has 0 bridgehead atoms. The molecule has 0 saturated carbocycles. The van der Waals surface area contributed by atoms with Crippen molar-refractivity contribution in [3.8, 4) is 0 Å². The molecule has 0 fully saturated rings. The molecule has 2 aliphatic rings. The Hall–Kier alpha value is -2.67. The molecule has 0 aliphatic heterocycles. The van der Waals surface area contributed by atoms with Crippen LogP contribution in [0.15, 0.2) is 96.2 Å². The second-order valence-electron chi connectivity index (χ2n) is 5.31. The fraction of sp³-hybridized carbons (Fsp3) is 0.0952. The predicted molar refractivity (Wildman–Crippen MR) is 92.2 cm³/mol. The SMILES string of the molecule is C/C=C(/C(=C1C=CC(=O)C=C1)c1ccccc1)C1C=CC=C1. The van der Waals surface area contributed by atoms with Gasteiger partial charge in [-0.3, -0.25) is 4.79 Å². The summed E-state index contributed by atoms with van der Waals surface area (Å²) in [5.74, 6) is 0.325. The lowest BCUT2D eigenvalue weighted by Gasteiger charge is -2.19. The Kier molecular flexibility index (Phi) is 4.15. The highest BCUT2D eigenvalue weighted by atomic mass is 16.1. The van der Waals surface area contributed by atoms with Crippen LogP contribution in [0.25, 0.3) is 5.57 Å². The van der Waals surface area contributed by atoms with E-state index < -0.39 is 0 Å². The van der Waals surface area contributed by atoms with Crippen molar-refractivity contribution in [1.82, 2.24) is 0 Å². The number of hydrogen-bond donors (Lipinski definition) is 0. The van der Waals surface area contributed by atoms with E-state index in [9.17, 15) is 4.79 Å². The van der Waals surface area contributed by atoms with Gasteiger partial charge in [0.2, 0.25) is 0 Å².